The van der Waals surface area contributed by atoms with E-state index in [0.29, 0.717) is 28.3 Å². The third-order valence-corrected chi connectivity index (χ3v) is 5.88. The molecule has 1 aliphatic heterocycles. The van der Waals surface area contributed by atoms with Crippen molar-refractivity contribution < 1.29 is 23.1 Å². The van der Waals surface area contributed by atoms with Crippen molar-refractivity contribution in [2.45, 2.75) is 19.1 Å². The highest BCUT2D eigenvalue weighted by Crippen LogP contribution is 2.35. The number of phenolic OH excluding ortho intramolecular Hbond substituents is 1. The Hall–Kier alpha value is -4.60. The number of fused-ring (bicyclic) bond motifs is 1. The van der Waals surface area contributed by atoms with E-state index in [0.717, 1.165) is 23.0 Å². The molecule has 0 fully saturated rings. The maximum absolute atomic E-state index is 13.4. The Kier molecular flexibility index (Phi) is 5.71. The van der Waals surface area contributed by atoms with Gasteiger partial charge in [-0.2, -0.15) is 18.3 Å². The van der Waals surface area contributed by atoms with Crippen molar-refractivity contribution in [1.82, 2.24) is 15.5 Å². The average Bonchev–Trinajstić information content (AvgIpc) is 3.31. The number of rotatable bonds is 4. The number of halogens is 3. The van der Waals surface area contributed by atoms with Gasteiger partial charge in [0, 0.05) is 22.3 Å². The van der Waals surface area contributed by atoms with E-state index < -0.39 is 23.7 Å². The molecule has 36 heavy (non-hydrogen) atoms. The number of nitrogens with one attached hydrogen (secondary N) is 3. The molecule has 1 aliphatic rings. The molecule has 1 unspecified atom stereocenters. The molecule has 0 radical (unpaired) electrons. The van der Waals surface area contributed by atoms with Crippen molar-refractivity contribution in [3.63, 3.8) is 0 Å². The molecule has 10 heteroatoms. The Morgan fingerprint density at radius 1 is 1.03 bits per heavy atom. The van der Waals surface area contributed by atoms with Gasteiger partial charge in [-0.3, -0.25) is 14.9 Å². The van der Waals surface area contributed by atoms with Gasteiger partial charge in [0.05, 0.1) is 22.9 Å². The van der Waals surface area contributed by atoms with Gasteiger partial charge in [0.25, 0.3) is 5.91 Å². The molecule has 4 aromatic rings. The monoisotopic (exact) mass is 491 g/mol. The minimum atomic E-state index is -4.48. The molecule has 0 saturated carbocycles. The van der Waals surface area contributed by atoms with Crippen molar-refractivity contribution in [1.29, 1.82) is 0 Å². The van der Waals surface area contributed by atoms with Crippen molar-refractivity contribution >= 4 is 28.3 Å². The highest BCUT2D eigenvalue weighted by molar-refractivity contribution is 6.09. The Bertz CT molecular complexity index is 1500. The first-order chi connectivity index (χ1) is 17.2. The minimum absolute atomic E-state index is 0.0800. The second-order valence-electron chi connectivity index (χ2n) is 8.34. The van der Waals surface area contributed by atoms with Crippen LogP contribution in [0.2, 0.25) is 0 Å². The van der Waals surface area contributed by atoms with Crippen LogP contribution in [-0.2, 0) is 11.0 Å². The summed E-state index contributed by atoms with van der Waals surface area (Å²) in [6.07, 6.45) is -2.85. The summed E-state index contributed by atoms with van der Waals surface area (Å²) in [6.45, 7) is 1.71. The predicted octanol–water partition coefficient (Wildman–Crippen LogP) is 5.29. The number of aliphatic imine (C=N–C) groups is 1. The van der Waals surface area contributed by atoms with Gasteiger partial charge in [-0.25, -0.2) is 0 Å². The molecule has 3 aromatic carbocycles. The van der Waals surface area contributed by atoms with E-state index in [4.69, 9.17) is 0 Å². The lowest BCUT2D eigenvalue weighted by molar-refractivity contribution is -0.137. The van der Waals surface area contributed by atoms with Crippen LogP contribution in [0.15, 0.2) is 89.2 Å². The molecule has 0 spiro atoms. The molecule has 1 atom stereocenters. The van der Waals surface area contributed by atoms with E-state index >= 15 is 0 Å². The van der Waals surface area contributed by atoms with Gasteiger partial charge in [0.15, 0.2) is 0 Å². The summed E-state index contributed by atoms with van der Waals surface area (Å²) in [6, 6.07) is 15.3. The summed E-state index contributed by atoms with van der Waals surface area (Å²) in [5, 5.41) is 23.2. The molecule has 4 N–H and O–H groups in total. The Balaban J connectivity index is 1.53. The third kappa shape index (κ3) is 4.52. The number of hydrogen-bond acceptors (Lipinski definition) is 5. The van der Waals surface area contributed by atoms with Gasteiger partial charge in [-0.1, -0.05) is 12.1 Å². The molecular weight excluding hydrogens is 471 g/mol. The number of carbonyl (C=O) groups is 1. The Morgan fingerprint density at radius 2 is 1.75 bits per heavy atom. The Labute approximate surface area is 203 Å². The first-order valence-electron chi connectivity index (χ1n) is 11.0. The average molecular weight is 491 g/mol. The Morgan fingerprint density at radius 3 is 2.44 bits per heavy atom. The van der Waals surface area contributed by atoms with E-state index in [1.54, 1.807) is 43.5 Å². The number of phenols is 1. The van der Waals surface area contributed by atoms with E-state index in [1.165, 1.54) is 24.3 Å². The summed E-state index contributed by atoms with van der Waals surface area (Å²) < 4.78 is 39.4. The smallest absolute Gasteiger partial charge is 0.416 e. The van der Waals surface area contributed by atoms with Crippen LogP contribution in [0.5, 0.6) is 5.75 Å². The van der Waals surface area contributed by atoms with Crippen molar-refractivity contribution in [3.05, 3.63) is 101 Å². The van der Waals surface area contributed by atoms with Gasteiger partial charge in [-0.05, 0) is 67.1 Å². The highest BCUT2D eigenvalue weighted by atomic mass is 19.4. The number of carbonyl (C=O) groups excluding carboxylic acids is 1. The number of aromatic hydroxyl groups is 1. The van der Waals surface area contributed by atoms with Crippen LogP contribution < -0.4 is 10.6 Å². The standard InChI is InChI=1S/C26H20F3N5O2/c1-14-22(25(36)32-19-8-11-21-17(12-19)13-30-34-21)23(15-2-6-18(7-3-15)26(27,28)29)33-24(31-14)16-4-9-20(35)10-5-16/h2-13,23,35H,1H3,(H,30,34)(H,31,33)(H,32,36). The number of allylic oxidation sites excluding steroid dienone is 1. The van der Waals surface area contributed by atoms with Gasteiger partial charge in [0.1, 0.15) is 17.6 Å². The fourth-order valence-corrected chi connectivity index (χ4v) is 4.05. The minimum Gasteiger partial charge on any atom is -0.508 e. The number of aromatic nitrogens is 2. The first-order valence-corrected chi connectivity index (χ1v) is 11.0. The second-order valence-corrected chi connectivity index (χ2v) is 8.34. The van der Waals surface area contributed by atoms with Crippen LogP contribution in [0, 0.1) is 0 Å². The second kappa shape index (κ2) is 8.88. The summed E-state index contributed by atoms with van der Waals surface area (Å²) >= 11 is 0. The molecule has 5 rings (SSSR count). The van der Waals surface area contributed by atoms with Gasteiger partial charge in [-0.15, -0.1) is 0 Å². The zero-order valence-electron chi connectivity index (χ0n) is 18.9. The zero-order valence-corrected chi connectivity index (χ0v) is 18.9. The molecule has 1 amide bonds. The largest absolute Gasteiger partial charge is 0.508 e. The van der Waals surface area contributed by atoms with Gasteiger partial charge < -0.3 is 15.7 Å². The third-order valence-electron chi connectivity index (χ3n) is 5.88. The quantitative estimate of drug-likeness (QED) is 0.312. The number of amidine groups is 1. The molecule has 182 valence electrons. The van der Waals surface area contributed by atoms with E-state index in [2.05, 4.69) is 25.8 Å². The summed E-state index contributed by atoms with van der Waals surface area (Å²) in [7, 11) is 0. The summed E-state index contributed by atoms with van der Waals surface area (Å²) in [4.78, 5) is 18.1. The zero-order chi connectivity index (χ0) is 25.4. The number of benzene rings is 3. The fourth-order valence-electron chi connectivity index (χ4n) is 4.05. The lowest BCUT2D eigenvalue weighted by Crippen LogP contribution is -2.34. The molecule has 7 nitrogen and oxygen atoms in total. The van der Waals surface area contributed by atoms with Crippen molar-refractivity contribution in [2.24, 2.45) is 4.99 Å². The first kappa shape index (κ1) is 23.2. The van der Waals surface area contributed by atoms with E-state index in [9.17, 15) is 23.1 Å². The maximum Gasteiger partial charge on any atom is 0.416 e. The highest BCUT2D eigenvalue weighted by Gasteiger charge is 2.33. The number of alkyl halides is 3. The predicted molar refractivity (Wildman–Crippen MR) is 129 cm³/mol. The van der Waals surface area contributed by atoms with Gasteiger partial charge in [0.2, 0.25) is 0 Å². The number of nitrogens with zero attached hydrogens (tertiary/aromatic N) is 2. The fraction of sp³-hybridized carbons (Fsp3) is 0.115. The van der Waals surface area contributed by atoms with Crippen molar-refractivity contribution in [2.75, 3.05) is 5.32 Å². The number of anilines is 1. The van der Waals surface area contributed by atoms with Crippen molar-refractivity contribution in [3.8, 4) is 5.75 Å². The van der Waals surface area contributed by atoms with E-state index in [-0.39, 0.29) is 11.3 Å². The number of hydrogen-bond donors (Lipinski definition) is 4. The lowest BCUT2D eigenvalue weighted by atomic mass is 9.94. The molecule has 2 heterocycles. The molecule has 0 bridgehead atoms. The molecule has 1 aromatic heterocycles. The molecular formula is C26H20F3N5O2. The molecule has 0 aliphatic carbocycles. The van der Waals surface area contributed by atoms with Crippen LogP contribution in [-0.4, -0.2) is 27.0 Å². The number of amides is 1. The SMILES string of the molecule is CC1=C(C(=O)Nc2ccc3[nH]ncc3c2)C(c2ccc(C(F)(F)F)cc2)N=C(c2ccc(O)cc2)N1. The summed E-state index contributed by atoms with van der Waals surface area (Å²) in [5.74, 6) is 0.0615. The van der Waals surface area contributed by atoms with Crippen LogP contribution in [0.3, 0.4) is 0 Å². The lowest BCUT2D eigenvalue weighted by Gasteiger charge is -2.27. The topological polar surface area (TPSA) is 102 Å². The maximum atomic E-state index is 13.4. The number of aromatic amines is 1. The van der Waals surface area contributed by atoms with Gasteiger partial charge >= 0.3 is 6.18 Å². The van der Waals surface area contributed by atoms with Crippen LogP contribution in [0.4, 0.5) is 18.9 Å². The number of H-pyrrole nitrogens is 1. The van der Waals surface area contributed by atoms with E-state index in [1.807, 2.05) is 0 Å². The summed E-state index contributed by atoms with van der Waals surface area (Å²) in [5.41, 5.74) is 2.40. The normalized spacial score (nSPS) is 16.0. The van der Waals surface area contributed by atoms with Crippen LogP contribution in [0.1, 0.15) is 29.7 Å². The van der Waals surface area contributed by atoms with Crippen LogP contribution >= 0.6 is 0 Å². The van der Waals surface area contributed by atoms with Crippen LogP contribution in [0.25, 0.3) is 10.9 Å². The molecule has 0 saturated heterocycles.